The summed E-state index contributed by atoms with van der Waals surface area (Å²) < 4.78 is 5.85. The molecule has 2 nitrogen and oxygen atoms in total. The molecule has 0 radical (unpaired) electrons. The Kier molecular flexibility index (Phi) is 3.24. The highest BCUT2D eigenvalue weighted by Crippen LogP contribution is 2.39. The first-order valence-corrected chi connectivity index (χ1v) is 8.20. The lowest BCUT2D eigenvalue weighted by Gasteiger charge is -2.25. The average molecular weight is 281 g/mol. The highest BCUT2D eigenvalue weighted by atomic mass is 16.5. The maximum absolute atomic E-state index is 6.67. The molecule has 4 rings (SSSR count). The van der Waals surface area contributed by atoms with Crippen molar-refractivity contribution in [1.82, 2.24) is 0 Å². The zero-order valence-electron chi connectivity index (χ0n) is 12.6. The second-order valence-corrected chi connectivity index (χ2v) is 6.45. The van der Waals surface area contributed by atoms with E-state index in [1.54, 1.807) is 0 Å². The second-order valence-electron chi connectivity index (χ2n) is 6.45. The lowest BCUT2D eigenvalue weighted by atomic mass is 9.84. The quantitative estimate of drug-likeness (QED) is 0.930. The van der Waals surface area contributed by atoms with Crippen LogP contribution in [0.25, 0.3) is 10.8 Å². The molecule has 1 aliphatic heterocycles. The third kappa shape index (κ3) is 2.01. The molecule has 3 unspecified atom stereocenters. The fraction of sp³-hybridized carbons (Fsp3) is 0.474. The van der Waals surface area contributed by atoms with Gasteiger partial charge in [0.15, 0.2) is 0 Å². The van der Waals surface area contributed by atoms with E-state index in [-0.39, 0.29) is 6.04 Å². The van der Waals surface area contributed by atoms with Gasteiger partial charge in [0.2, 0.25) is 0 Å². The van der Waals surface area contributed by atoms with Crippen LogP contribution in [0.2, 0.25) is 0 Å². The first-order chi connectivity index (χ1) is 10.3. The Bertz CT molecular complexity index is 668. The van der Waals surface area contributed by atoms with Gasteiger partial charge in [-0.3, -0.25) is 0 Å². The topological polar surface area (TPSA) is 35.2 Å². The molecule has 2 aromatic carbocycles. The van der Waals surface area contributed by atoms with Crippen LogP contribution in [0, 0.1) is 5.92 Å². The van der Waals surface area contributed by atoms with Crippen molar-refractivity contribution in [2.45, 2.75) is 44.8 Å². The Morgan fingerprint density at radius 3 is 2.81 bits per heavy atom. The van der Waals surface area contributed by atoms with Gasteiger partial charge < -0.3 is 10.5 Å². The maximum atomic E-state index is 6.67. The maximum Gasteiger partial charge on any atom is 0.0619 e. The summed E-state index contributed by atoms with van der Waals surface area (Å²) in [7, 11) is 0. The molecule has 1 aliphatic carbocycles. The molecule has 0 saturated carbocycles. The van der Waals surface area contributed by atoms with Crippen LogP contribution < -0.4 is 5.73 Å². The van der Waals surface area contributed by atoms with E-state index in [2.05, 4.69) is 37.3 Å². The summed E-state index contributed by atoms with van der Waals surface area (Å²) in [4.78, 5) is 0. The Morgan fingerprint density at radius 1 is 1.19 bits per heavy atom. The van der Waals surface area contributed by atoms with Crippen LogP contribution in [0.5, 0.6) is 0 Å². The molecule has 0 spiro atoms. The lowest BCUT2D eigenvalue weighted by molar-refractivity contribution is 0.0814. The highest BCUT2D eigenvalue weighted by molar-refractivity contribution is 5.93. The largest absolute Gasteiger partial charge is 0.378 e. The highest BCUT2D eigenvalue weighted by Gasteiger charge is 2.33. The van der Waals surface area contributed by atoms with E-state index in [1.807, 2.05) is 0 Å². The number of ether oxygens (including phenoxy) is 1. The zero-order valence-corrected chi connectivity index (χ0v) is 12.6. The first-order valence-electron chi connectivity index (χ1n) is 8.20. The van der Waals surface area contributed by atoms with Gasteiger partial charge in [0.1, 0.15) is 0 Å². The fourth-order valence-electron chi connectivity index (χ4n) is 4.29. The molecule has 2 aliphatic rings. The van der Waals surface area contributed by atoms with E-state index in [0.29, 0.717) is 12.0 Å². The second kappa shape index (κ2) is 5.11. The SMILES string of the molecule is CCC1OCCC1C(N)c1ccc2c3c(cccc13)CC2. The summed E-state index contributed by atoms with van der Waals surface area (Å²) in [6, 6.07) is 11.3. The van der Waals surface area contributed by atoms with Crippen molar-refractivity contribution >= 4 is 10.8 Å². The standard InChI is InChI=1S/C19H23NO/c1-2-17-16(10-11-21-17)19(20)15-9-8-13-7-6-12-4-3-5-14(15)18(12)13/h3-5,8-9,16-17,19H,2,6-7,10-11,20H2,1H3. The molecule has 1 saturated heterocycles. The normalized spacial score (nSPS) is 25.6. The zero-order chi connectivity index (χ0) is 14.4. The number of hydrogen-bond acceptors (Lipinski definition) is 2. The van der Waals surface area contributed by atoms with Crippen molar-refractivity contribution in [3.63, 3.8) is 0 Å². The van der Waals surface area contributed by atoms with Crippen LogP contribution in [0.3, 0.4) is 0 Å². The van der Waals surface area contributed by atoms with Crippen molar-refractivity contribution < 1.29 is 4.74 Å². The predicted octanol–water partition coefficient (Wildman–Crippen LogP) is 3.75. The molecular formula is C19H23NO. The van der Waals surface area contributed by atoms with Crippen molar-refractivity contribution in [2.75, 3.05) is 6.61 Å². The van der Waals surface area contributed by atoms with E-state index >= 15 is 0 Å². The summed E-state index contributed by atoms with van der Waals surface area (Å²) in [5, 5.41) is 2.84. The molecule has 2 aromatic rings. The molecule has 1 heterocycles. The Balaban J connectivity index is 1.81. The Labute approximate surface area is 126 Å². The molecule has 0 bridgehead atoms. The van der Waals surface area contributed by atoms with E-state index in [0.717, 1.165) is 19.4 Å². The number of rotatable bonds is 3. The van der Waals surface area contributed by atoms with Crippen molar-refractivity contribution in [3.8, 4) is 0 Å². The summed E-state index contributed by atoms with van der Waals surface area (Å²) in [5.41, 5.74) is 11.0. The molecule has 2 N–H and O–H groups in total. The van der Waals surface area contributed by atoms with E-state index < -0.39 is 0 Å². The molecule has 2 heteroatoms. The third-order valence-corrected chi connectivity index (χ3v) is 5.39. The number of benzene rings is 2. The van der Waals surface area contributed by atoms with Crippen molar-refractivity contribution in [1.29, 1.82) is 0 Å². The minimum Gasteiger partial charge on any atom is -0.378 e. The van der Waals surface area contributed by atoms with Gasteiger partial charge in [-0.25, -0.2) is 0 Å². The van der Waals surface area contributed by atoms with Crippen LogP contribution in [-0.4, -0.2) is 12.7 Å². The molecule has 21 heavy (non-hydrogen) atoms. The number of hydrogen-bond donors (Lipinski definition) is 1. The molecule has 110 valence electrons. The van der Waals surface area contributed by atoms with Gasteiger partial charge in [-0.05, 0) is 53.1 Å². The Hall–Kier alpha value is -1.38. The van der Waals surface area contributed by atoms with Crippen LogP contribution in [0.4, 0.5) is 0 Å². The Morgan fingerprint density at radius 2 is 2.00 bits per heavy atom. The number of nitrogens with two attached hydrogens (primary N) is 1. The lowest BCUT2D eigenvalue weighted by Crippen LogP contribution is -2.28. The average Bonchev–Trinajstić information content (AvgIpc) is 3.15. The molecule has 1 fully saturated rings. The van der Waals surface area contributed by atoms with Crippen LogP contribution in [0.15, 0.2) is 30.3 Å². The monoisotopic (exact) mass is 281 g/mol. The summed E-state index contributed by atoms with van der Waals surface area (Å²) in [6.07, 6.45) is 4.82. The minimum absolute atomic E-state index is 0.0855. The first kappa shape index (κ1) is 13.3. The summed E-state index contributed by atoms with van der Waals surface area (Å²) >= 11 is 0. The van der Waals surface area contributed by atoms with Gasteiger partial charge in [0.25, 0.3) is 0 Å². The van der Waals surface area contributed by atoms with Gasteiger partial charge in [-0.15, -0.1) is 0 Å². The number of aryl methyl sites for hydroxylation is 2. The van der Waals surface area contributed by atoms with Gasteiger partial charge >= 0.3 is 0 Å². The van der Waals surface area contributed by atoms with E-state index in [1.165, 1.54) is 40.3 Å². The van der Waals surface area contributed by atoms with Crippen molar-refractivity contribution in [3.05, 3.63) is 47.0 Å². The molecule has 3 atom stereocenters. The van der Waals surface area contributed by atoms with Crippen molar-refractivity contribution in [2.24, 2.45) is 11.7 Å². The predicted molar refractivity (Wildman–Crippen MR) is 86.4 cm³/mol. The van der Waals surface area contributed by atoms with Gasteiger partial charge in [-0.1, -0.05) is 37.3 Å². The van der Waals surface area contributed by atoms with Crippen LogP contribution >= 0.6 is 0 Å². The van der Waals surface area contributed by atoms with E-state index in [9.17, 15) is 0 Å². The summed E-state index contributed by atoms with van der Waals surface area (Å²) in [5.74, 6) is 0.452. The van der Waals surface area contributed by atoms with Crippen LogP contribution in [-0.2, 0) is 17.6 Å². The van der Waals surface area contributed by atoms with Gasteiger partial charge in [0, 0.05) is 18.6 Å². The van der Waals surface area contributed by atoms with Gasteiger partial charge in [-0.2, -0.15) is 0 Å². The van der Waals surface area contributed by atoms with Gasteiger partial charge in [0.05, 0.1) is 6.10 Å². The molecule has 0 aromatic heterocycles. The summed E-state index contributed by atoms with van der Waals surface area (Å²) in [6.45, 7) is 3.06. The minimum atomic E-state index is 0.0855. The fourth-order valence-corrected chi connectivity index (χ4v) is 4.29. The third-order valence-electron chi connectivity index (χ3n) is 5.39. The smallest absolute Gasteiger partial charge is 0.0619 e. The van der Waals surface area contributed by atoms with Crippen LogP contribution in [0.1, 0.15) is 42.5 Å². The van der Waals surface area contributed by atoms with E-state index in [4.69, 9.17) is 10.5 Å². The molecule has 0 amide bonds. The molecular weight excluding hydrogens is 258 g/mol.